The van der Waals surface area contributed by atoms with Gasteiger partial charge in [0.05, 0.1) is 5.52 Å². The minimum absolute atomic E-state index is 0.524. The van der Waals surface area contributed by atoms with Crippen molar-refractivity contribution in [1.29, 1.82) is 0 Å². The second kappa shape index (κ2) is 4.97. The lowest BCUT2D eigenvalue weighted by molar-refractivity contribution is 0.112. The summed E-state index contributed by atoms with van der Waals surface area (Å²) in [6.45, 7) is 4.37. The summed E-state index contributed by atoms with van der Waals surface area (Å²) in [5.74, 6) is 0.524. The zero-order valence-electron chi connectivity index (χ0n) is 11.7. The molecule has 0 spiro atoms. The molecule has 0 aliphatic heterocycles. The minimum Gasteiger partial charge on any atom is -0.316 e. The molecule has 20 heavy (non-hydrogen) atoms. The first-order valence-corrected chi connectivity index (χ1v) is 6.86. The van der Waals surface area contributed by atoms with Crippen LogP contribution in [0.4, 0.5) is 0 Å². The van der Waals surface area contributed by atoms with Crippen LogP contribution >= 0.6 is 0 Å². The van der Waals surface area contributed by atoms with Gasteiger partial charge < -0.3 is 4.57 Å². The first kappa shape index (κ1) is 12.7. The molecular weight excluding hydrogens is 246 g/mol. The van der Waals surface area contributed by atoms with E-state index in [0.29, 0.717) is 5.92 Å². The molecule has 0 saturated carbocycles. The molecule has 3 aromatic rings. The number of aldehydes is 1. The van der Waals surface area contributed by atoms with Crippen molar-refractivity contribution < 1.29 is 4.79 Å². The number of fused-ring (bicyclic) bond motifs is 1. The van der Waals surface area contributed by atoms with Gasteiger partial charge in [-0.1, -0.05) is 44.2 Å². The van der Waals surface area contributed by atoms with Crippen LogP contribution in [0, 0.1) is 0 Å². The standard InChI is InChI=1S/C18H17NO/c1-13(2)14-7-9-16(10-8-14)19-11-15(12-20)17-5-3-4-6-18(17)19/h3-13H,1-2H3. The van der Waals surface area contributed by atoms with E-state index < -0.39 is 0 Å². The van der Waals surface area contributed by atoms with Crippen LogP contribution in [-0.4, -0.2) is 10.9 Å². The molecule has 0 N–H and O–H groups in total. The second-order valence-corrected chi connectivity index (χ2v) is 5.34. The Labute approximate surface area is 118 Å². The number of hydrogen-bond acceptors (Lipinski definition) is 1. The number of carbonyl (C=O) groups is 1. The quantitative estimate of drug-likeness (QED) is 0.635. The average Bonchev–Trinajstić information content (AvgIpc) is 2.86. The summed E-state index contributed by atoms with van der Waals surface area (Å²) in [6.07, 6.45) is 2.82. The summed E-state index contributed by atoms with van der Waals surface area (Å²) < 4.78 is 2.07. The third-order valence-electron chi connectivity index (χ3n) is 3.71. The maximum absolute atomic E-state index is 11.2. The highest BCUT2D eigenvalue weighted by molar-refractivity contribution is 5.98. The molecule has 0 atom stereocenters. The first-order chi connectivity index (χ1) is 9.70. The van der Waals surface area contributed by atoms with Crippen molar-refractivity contribution in [3.05, 3.63) is 65.9 Å². The van der Waals surface area contributed by atoms with E-state index in [1.165, 1.54) is 5.56 Å². The van der Waals surface area contributed by atoms with Crippen LogP contribution in [0.2, 0.25) is 0 Å². The molecule has 0 aliphatic rings. The zero-order valence-corrected chi connectivity index (χ0v) is 11.7. The number of hydrogen-bond donors (Lipinski definition) is 0. The van der Waals surface area contributed by atoms with Gasteiger partial charge in [-0.3, -0.25) is 4.79 Å². The molecule has 2 heteroatoms. The molecule has 0 aliphatic carbocycles. The van der Waals surface area contributed by atoms with E-state index in [1.54, 1.807) is 0 Å². The van der Waals surface area contributed by atoms with Gasteiger partial charge in [-0.25, -0.2) is 0 Å². The highest BCUT2D eigenvalue weighted by Crippen LogP contribution is 2.25. The molecule has 0 amide bonds. The fraction of sp³-hybridized carbons (Fsp3) is 0.167. The van der Waals surface area contributed by atoms with E-state index in [-0.39, 0.29) is 0 Å². The predicted molar refractivity (Wildman–Crippen MR) is 82.8 cm³/mol. The number of nitrogens with zero attached hydrogens (tertiary/aromatic N) is 1. The van der Waals surface area contributed by atoms with Crippen LogP contribution in [0.5, 0.6) is 0 Å². The van der Waals surface area contributed by atoms with Gasteiger partial charge in [-0.05, 0) is 29.7 Å². The Morgan fingerprint density at radius 3 is 2.35 bits per heavy atom. The van der Waals surface area contributed by atoms with Gasteiger partial charge in [-0.15, -0.1) is 0 Å². The van der Waals surface area contributed by atoms with E-state index in [0.717, 1.165) is 28.4 Å². The maximum atomic E-state index is 11.2. The van der Waals surface area contributed by atoms with Crippen molar-refractivity contribution in [2.45, 2.75) is 19.8 Å². The summed E-state index contributed by atoms with van der Waals surface area (Å²) >= 11 is 0. The van der Waals surface area contributed by atoms with Crippen LogP contribution in [0.25, 0.3) is 16.6 Å². The smallest absolute Gasteiger partial charge is 0.152 e. The molecule has 0 radical (unpaired) electrons. The number of rotatable bonds is 3. The van der Waals surface area contributed by atoms with Crippen molar-refractivity contribution in [3.63, 3.8) is 0 Å². The maximum Gasteiger partial charge on any atom is 0.152 e. The van der Waals surface area contributed by atoms with E-state index in [9.17, 15) is 4.79 Å². The lowest BCUT2D eigenvalue weighted by Crippen LogP contribution is -1.93. The summed E-state index contributed by atoms with van der Waals surface area (Å²) in [6, 6.07) is 16.5. The van der Waals surface area contributed by atoms with Gasteiger partial charge in [0.15, 0.2) is 6.29 Å². The van der Waals surface area contributed by atoms with E-state index >= 15 is 0 Å². The highest BCUT2D eigenvalue weighted by Gasteiger charge is 2.08. The predicted octanol–water partition coefficient (Wildman–Crippen LogP) is 4.57. The monoisotopic (exact) mass is 263 g/mol. The van der Waals surface area contributed by atoms with Crippen molar-refractivity contribution >= 4 is 17.2 Å². The Morgan fingerprint density at radius 2 is 1.70 bits per heavy atom. The number of para-hydroxylation sites is 1. The van der Waals surface area contributed by atoms with Crippen molar-refractivity contribution in [2.24, 2.45) is 0 Å². The first-order valence-electron chi connectivity index (χ1n) is 6.86. The lowest BCUT2D eigenvalue weighted by Gasteiger charge is -2.09. The van der Waals surface area contributed by atoms with E-state index in [1.807, 2.05) is 30.5 Å². The van der Waals surface area contributed by atoms with Crippen LogP contribution < -0.4 is 0 Å². The fourth-order valence-corrected chi connectivity index (χ4v) is 2.53. The van der Waals surface area contributed by atoms with E-state index in [4.69, 9.17) is 0 Å². The summed E-state index contributed by atoms with van der Waals surface area (Å²) in [7, 11) is 0. The summed E-state index contributed by atoms with van der Waals surface area (Å²) in [4.78, 5) is 11.2. The molecular formula is C18H17NO. The molecule has 0 fully saturated rings. The Morgan fingerprint density at radius 1 is 1.00 bits per heavy atom. The lowest BCUT2D eigenvalue weighted by atomic mass is 10.0. The van der Waals surface area contributed by atoms with Gasteiger partial charge in [0, 0.05) is 22.8 Å². The molecule has 0 bridgehead atoms. The summed E-state index contributed by atoms with van der Waals surface area (Å²) in [5, 5.41) is 0.996. The summed E-state index contributed by atoms with van der Waals surface area (Å²) in [5.41, 5.74) is 4.19. The van der Waals surface area contributed by atoms with Gasteiger partial charge in [0.25, 0.3) is 0 Å². The molecule has 2 aromatic carbocycles. The average molecular weight is 263 g/mol. The molecule has 0 saturated heterocycles. The molecule has 3 rings (SSSR count). The molecule has 100 valence electrons. The van der Waals surface area contributed by atoms with Crippen LogP contribution in [0.1, 0.15) is 35.7 Å². The fourth-order valence-electron chi connectivity index (χ4n) is 2.53. The zero-order chi connectivity index (χ0) is 14.1. The minimum atomic E-state index is 0.524. The molecule has 1 heterocycles. The third kappa shape index (κ3) is 2.03. The largest absolute Gasteiger partial charge is 0.316 e. The van der Waals surface area contributed by atoms with Crippen molar-refractivity contribution in [3.8, 4) is 5.69 Å². The number of benzene rings is 2. The Bertz CT molecular complexity index is 751. The highest BCUT2D eigenvalue weighted by atomic mass is 16.1. The van der Waals surface area contributed by atoms with Gasteiger partial charge in [0.2, 0.25) is 0 Å². The Kier molecular flexibility index (Phi) is 3.15. The normalized spacial score (nSPS) is 11.2. The molecule has 1 aromatic heterocycles. The number of carbonyl (C=O) groups excluding carboxylic acids is 1. The van der Waals surface area contributed by atoms with Crippen LogP contribution in [0.3, 0.4) is 0 Å². The number of aromatic nitrogens is 1. The molecule has 2 nitrogen and oxygen atoms in total. The Hall–Kier alpha value is -2.35. The van der Waals surface area contributed by atoms with Crippen LogP contribution in [0.15, 0.2) is 54.7 Å². The Balaban J connectivity index is 2.16. The second-order valence-electron chi connectivity index (χ2n) is 5.34. The molecule has 0 unspecified atom stereocenters. The third-order valence-corrected chi connectivity index (χ3v) is 3.71. The van der Waals surface area contributed by atoms with Crippen molar-refractivity contribution in [1.82, 2.24) is 4.57 Å². The topological polar surface area (TPSA) is 22.0 Å². The van der Waals surface area contributed by atoms with Crippen LogP contribution in [-0.2, 0) is 0 Å². The van der Waals surface area contributed by atoms with Gasteiger partial charge in [-0.2, -0.15) is 0 Å². The van der Waals surface area contributed by atoms with Crippen molar-refractivity contribution in [2.75, 3.05) is 0 Å². The SMILES string of the molecule is CC(C)c1ccc(-n2cc(C=O)c3ccccc32)cc1. The van der Waals surface area contributed by atoms with E-state index in [2.05, 4.69) is 42.7 Å². The van der Waals surface area contributed by atoms with Gasteiger partial charge in [0.1, 0.15) is 0 Å². The van der Waals surface area contributed by atoms with Gasteiger partial charge >= 0.3 is 0 Å².